The summed E-state index contributed by atoms with van der Waals surface area (Å²) >= 11 is 1.43. The number of amides is 1. The standard InChI is InChI=1S/C23H31N5OS/c1-5-23(6-2,7-3)25-20(29)16-30-22-27-26-21(18-12-10-14-24-15-18)28(22)19-13-9-8-11-17(19)4/h1,10,12,14-15,17,19H,6-9,11,13,16H2,2-4H3,(H,25,29). The molecule has 0 saturated heterocycles. The van der Waals surface area contributed by atoms with Crippen molar-refractivity contribution in [2.75, 3.05) is 5.75 Å². The fourth-order valence-corrected chi connectivity index (χ4v) is 4.94. The van der Waals surface area contributed by atoms with Gasteiger partial charge in [-0.25, -0.2) is 0 Å². The van der Waals surface area contributed by atoms with Crippen molar-refractivity contribution in [3.8, 4) is 23.7 Å². The number of carbonyl (C=O) groups is 1. The van der Waals surface area contributed by atoms with Crippen LogP contribution in [0.5, 0.6) is 0 Å². The predicted molar refractivity (Wildman–Crippen MR) is 121 cm³/mol. The molecule has 2 unspecified atom stereocenters. The number of rotatable bonds is 8. The average Bonchev–Trinajstić information content (AvgIpc) is 3.21. The van der Waals surface area contributed by atoms with E-state index in [9.17, 15) is 4.79 Å². The van der Waals surface area contributed by atoms with E-state index in [0.717, 1.165) is 23.0 Å². The van der Waals surface area contributed by atoms with Gasteiger partial charge >= 0.3 is 0 Å². The normalized spacial score (nSPS) is 19.3. The molecule has 2 aromatic rings. The van der Waals surface area contributed by atoms with Crippen molar-refractivity contribution in [3.05, 3.63) is 24.5 Å². The molecule has 1 saturated carbocycles. The first kappa shape index (κ1) is 22.4. The fourth-order valence-electron chi connectivity index (χ4n) is 4.15. The summed E-state index contributed by atoms with van der Waals surface area (Å²) in [5.41, 5.74) is 0.367. The van der Waals surface area contributed by atoms with E-state index in [0.29, 0.717) is 24.8 Å². The molecule has 1 amide bonds. The third-order valence-electron chi connectivity index (χ3n) is 6.18. The predicted octanol–water partition coefficient (Wildman–Crippen LogP) is 4.49. The third-order valence-corrected chi connectivity index (χ3v) is 7.12. The van der Waals surface area contributed by atoms with Gasteiger partial charge in [-0.15, -0.1) is 16.6 Å². The van der Waals surface area contributed by atoms with Gasteiger partial charge in [-0.1, -0.05) is 51.3 Å². The van der Waals surface area contributed by atoms with Gasteiger partial charge in [0.2, 0.25) is 5.91 Å². The largest absolute Gasteiger partial charge is 0.339 e. The molecule has 3 rings (SSSR count). The number of aromatic nitrogens is 4. The molecule has 2 atom stereocenters. The van der Waals surface area contributed by atoms with Crippen molar-refractivity contribution in [1.82, 2.24) is 25.1 Å². The van der Waals surface area contributed by atoms with Gasteiger partial charge in [0.15, 0.2) is 11.0 Å². The fraction of sp³-hybridized carbons (Fsp3) is 0.565. The number of terminal acetylenes is 1. The van der Waals surface area contributed by atoms with Crippen LogP contribution in [-0.2, 0) is 4.79 Å². The van der Waals surface area contributed by atoms with Crippen LogP contribution in [0, 0.1) is 18.3 Å². The van der Waals surface area contributed by atoms with E-state index >= 15 is 0 Å². The SMILES string of the molecule is C#CC(CC)(CC)NC(=O)CSc1nnc(-c2cccnc2)n1C1CCCCC1C. The van der Waals surface area contributed by atoms with Gasteiger partial charge in [-0.3, -0.25) is 14.3 Å². The van der Waals surface area contributed by atoms with Crippen LogP contribution in [0.25, 0.3) is 11.4 Å². The maximum absolute atomic E-state index is 12.6. The Hall–Kier alpha value is -2.33. The quantitative estimate of drug-likeness (QED) is 0.498. The molecule has 1 fully saturated rings. The summed E-state index contributed by atoms with van der Waals surface area (Å²) in [5.74, 6) is 4.30. The monoisotopic (exact) mass is 425 g/mol. The second kappa shape index (κ2) is 10.1. The highest BCUT2D eigenvalue weighted by atomic mass is 32.2. The lowest BCUT2D eigenvalue weighted by atomic mass is 9.85. The summed E-state index contributed by atoms with van der Waals surface area (Å²) in [6, 6.07) is 4.24. The summed E-state index contributed by atoms with van der Waals surface area (Å²) < 4.78 is 2.23. The van der Waals surface area contributed by atoms with Crippen molar-refractivity contribution in [1.29, 1.82) is 0 Å². The number of nitrogens with one attached hydrogen (secondary N) is 1. The molecular formula is C23H31N5OS. The molecule has 2 heterocycles. The second-order valence-corrected chi connectivity index (χ2v) is 8.96. The van der Waals surface area contributed by atoms with E-state index in [4.69, 9.17) is 6.42 Å². The van der Waals surface area contributed by atoms with E-state index in [1.165, 1.54) is 31.0 Å². The third kappa shape index (κ3) is 4.86. The maximum Gasteiger partial charge on any atom is 0.231 e. The van der Waals surface area contributed by atoms with E-state index in [1.54, 1.807) is 6.20 Å². The van der Waals surface area contributed by atoms with Crippen molar-refractivity contribution in [3.63, 3.8) is 0 Å². The molecule has 0 aromatic carbocycles. The van der Waals surface area contributed by atoms with Gasteiger partial charge in [0.25, 0.3) is 0 Å². The Labute approximate surface area is 183 Å². The summed E-state index contributed by atoms with van der Waals surface area (Å²) in [6.07, 6.45) is 15.4. The molecule has 2 aromatic heterocycles. The minimum atomic E-state index is -0.579. The van der Waals surface area contributed by atoms with Crippen molar-refractivity contribution < 1.29 is 4.79 Å². The summed E-state index contributed by atoms with van der Waals surface area (Å²) in [4.78, 5) is 16.9. The van der Waals surface area contributed by atoms with E-state index in [1.807, 2.05) is 32.2 Å². The summed E-state index contributed by atoms with van der Waals surface area (Å²) in [7, 11) is 0. The van der Waals surface area contributed by atoms with Crippen LogP contribution in [0.4, 0.5) is 0 Å². The molecule has 7 heteroatoms. The van der Waals surface area contributed by atoms with Crippen LogP contribution < -0.4 is 5.32 Å². The van der Waals surface area contributed by atoms with E-state index in [2.05, 4.69) is 37.9 Å². The molecule has 30 heavy (non-hydrogen) atoms. The minimum absolute atomic E-state index is 0.0733. The first-order valence-corrected chi connectivity index (χ1v) is 11.8. The van der Waals surface area contributed by atoms with Crippen molar-refractivity contribution >= 4 is 17.7 Å². The lowest BCUT2D eigenvalue weighted by molar-refractivity contribution is -0.119. The Morgan fingerprint density at radius 2 is 2.10 bits per heavy atom. The Morgan fingerprint density at radius 3 is 2.73 bits per heavy atom. The average molecular weight is 426 g/mol. The van der Waals surface area contributed by atoms with E-state index in [-0.39, 0.29) is 11.7 Å². The zero-order chi connectivity index (χ0) is 21.6. The van der Waals surface area contributed by atoms with Crippen LogP contribution in [0.15, 0.2) is 29.7 Å². The lowest BCUT2D eigenvalue weighted by Gasteiger charge is -2.31. The van der Waals surface area contributed by atoms with Gasteiger partial charge in [0.05, 0.1) is 5.75 Å². The molecule has 1 aliphatic rings. The van der Waals surface area contributed by atoms with Crippen LogP contribution in [0.1, 0.15) is 65.3 Å². The molecule has 1 N–H and O–H groups in total. The first-order chi connectivity index (χ1) is 14.5. The molecule has 6 nitrogen and oxygen atoms in total. The van der Waals surface area contributed by atoms with Crippen molar-refractivity contribution in [2.24, 2.45) is 5.92 Å². The minimum Gasteiger partial charge on any atom is -0.339 e. The van der Waals surface area contributed by atoms with Crippen LogP contribution in [-0.4, -0.2) is 36.9 Å². The Balaban J connectivity index is 1.83. The van der Waals surface area contributed by atoms with Crippen LogP contribution in [0.3, 0.4) is 0 Å². The highest BCUT2D eigenvalue weighted by Gasteiger charge is 2.30. The molecular weight excluding hydrogens is 394 g/mol. The van der Waals surface area contributed by atoms with Gasteiger partial charge < -0.3 is 5.32 Å². The van der Waals surface area contributed by atoms with Gasteiger partial charge in [0, 0.05) is 24.0 Å². The van der Waals surface area contributed by atoms with Crippen molar-refractivity contribution in [2.45, 2.75) is 76.0 Å². The Bertz CT molecular complexity index is 885. The lowest BCUT2D eigenvalue weighted by Crippen LogP contribution is -2.47. The number of hydrogen-bond acceptors (Lipinski definition) is 5. The second-order valence-electron chi connectivity index (χ2n) is 8.02. The Kier molecular flexibility index (Phi) is 7.54. The van der Waals surface area contributed by atoms with Gasteiger partial charge in [0.1, 0.15) is 5.54 Å². The molecule has 0 aliphatic heterocycles. The molecule has 0 radical (unpaired) electrons. The highest BCUT2D eigenvalue weighted by Crippen LogP contribution is 2.38. The number of pyridine rings is 1. The smallest absolute Gasteiger partial charge is 0.231 e. The summed E-state index contributed by atoms with van der Waals surface area (Å²) in [6.45, 7) is 6.29. The first-order valence-electron chi connectivity index (χ1n) is 10.8. The van der Waals surface area contributed by atoms with Gasteiger partial charge in [-0.2, -0.15) is 0 Å². The zero-order valence-corrected chi connectivity index (χ0v) is 18.9. The molecule has 160 valence electrons. The number of carbonyl (C=O) groups excluding carboxylic acids is 1. The number of thioether (sulfide) groups is 1. The molecule has 0 bridgehead atoms. The molecule has 1 aliphatic carbocycles. The zero-order valence-electron chi connectivity index (χ0n) is 18.1. The molecule has 0 spiro atoms. The topological polar surface area (TPSA) is 72.7 Å². The van der Waals surface area contributed by atoms with Crippen LogP contribution >= 0.6 is 11.8 Å². The van der Waals surface area contributed by atoms with Crippen LogP contribution in [0.2, 0.25) is 0 Å². The highest BCUT2D eigenvalue weighted by molar-refractivity contribution is 7.99. The Morgan fingerprint density at radius 1 is 1.33 bits per heavy atom. The number of hydrogen-bond donors (Lipinski definition) is 1. The summed E-state index contributed by atoms with van der Waals surface area (Å²) in [5, 5.41) is 12.8. The number of nitrogens with zero attached hydrogens (tertiary/aromatic N) is 4. The van der Waals surface area contributed by atoms with Gasteiger partial charge in [-0.05, 0) is 43.7 Å². The maximum atomic E-state index is 12.6. The van der Waals surface area contributed by atoms with E-state index < -0.39 is 5.54 Å².